The van der Waals surface area contributed by atoms with Gasteiger partial charge in [0.1, 0.15) is 0 Å². The Labute approximate surface area is 123 Å². The summed E-state index contributed by atoms with van der Waals surface area (Å²) in [5.74, 6) is 0.730. The summed E-state index contributed by atoms with van der Waals surface area (Å²) in [7, 11) is 0. The second kappa shape index (κ2) is 4.88. The van der Waals surface area contributed by atoms with E-state index in [1.165, 1.54) is 11.1 Å². The smallest absolute Gasteiger partial charge is 0.243 e. The first-order valence-corrected chi connectivity index (χ1v) is 7.45. The third-order valence-corrected chi connectivity index (χ3v) is 4.23. The van der Waals surface area contributed by atoms with Gasteiger partial charge >= 0.3 is 0 Å². The Balaban J connectivity index is 1.57. The first kappa shape index (κ1) is 12.4. The Morgan fingerprint density at radius 1 is 1.10 bits per heavy atom. The van der Waals surface area contributed by atoms with E-state index in [9.17, 15) is 0 Å². The summed E-state index contributed by atoms with van der Waals surface area (Å²) < 4.78 is 1.89. The standard InChI is InChI=1S/C17H18N4/c1-12-5-4-8-16-19-17(20-21(12)16)18-15-10-9-13-6-2-3-7-14(13)11-15/h2-8,15H,9-11H2,1H3,(H,18,20). The van der Waals surface area contributed by atoms with Crippen LogP contribution in [-0.4, -0.2) is 20.6 Å². The number of hydrogen-bond acceptors (Lipinski definition) is 3. The van der Waals surface area contributed by atoms with Gasteiger partial charge in [0, 0.05) is 11.7 Å². The third-order valence-electron chi connectivity index (χ3n) is 4.23. The van der Waals surface area contributed by atoms with Crippen molar-refractivity contribution in [2.24, 2.45) is 0 Å². The molecule has 1 aliphatic carbocycles. The number of aromatic nitrogens is 3. The van der Waals surface area contributed by atoms with Crippen molar-refractivity contribution in [3.05, 3.63) is 59.3 Å². The van der Waals surface area contributed by atoms with Gasteiger partial charge in [-0.1, -0.05) is 30.3 Å². The average molecular weight is 278 g/mol. The minimum absolute atomic E-state index is 0.414. The van der Waals surface area contributed by atoms with Gasteiger partial charge in [0.2, 0.25) is 5.95 Å². The van der Waals surface area contributed by atoms with Gasteiger partial charge in [-0.2, -0.15) is 4.98 Å². The van der Waals surface area contributed by atoms with E-state index in [4.69, 9.17) is 0 Å². The lowest BCUT2D eigenvalue weighted by Crippen LogP contribution is -2.27. The Morgan fingerprint density at radius 2 is 1.95 bits per heavy atom. The molecule has 0 spiro atoms. The maximum Gasteiger partial charge on any atom is 0.243 e. The molecule has 4 heteroatoms. The van der Waals surface area contributed by atoms with Crippen molar-refractivity contribution < 1.29 is 0 Å². The predicted molar refractivity (Wildman–Crippen MR) is 83.6 cm³/mol. The van der Waals surface area contributed by atoms with E-state index in [0.29, 0.717) is 6.04 Å². The fraction of sp³-hybridized carbons (Fsp3) is 0.294. The van der Waals surface area contributed by atoms with Crippen LogP contribution >= 0.6 is 0 Å². The summed E-state index contributed by atoms with van der Waals surface area (Å²) in [6.07, 6.45) is 3.30. The predicted octanol–water partition coefficient (Wildman–Crippen LogP) is 3.01. The van der Waals surface area contributed by atoms with E-state index < -0.39 is 0 Å². The highest BCUT2D eigenvalue weighted by molar-refractivity contribution is 5.45. The molecule has 4 rings (SSSR count). The molecule has 0 saturated heterocycles. The van der Waals surface area contributed by atoms with E-state index in [0.717, 1.165) is 36.6 Å². The summed E-state index contributed by atoms with van der Waals surface area (Å²) in [6.45, 7) is 2.04. The SMILES string of the molecule is Cc1cccc2nc(NC3CCc4ccccc4C3)nn12. The summed E-state index contributed by atoms with van der Waals surface area (Å²) in [5, 5.41) is 8.05. The molecular formula is C17H18N4. The number of nitrogens with zero attached hydrogens (tertiary/aromatic N) is 3. The zero-order chi connectivity index (χ0) is 14.2. The van der Waals surface area contributed by atoms with Gasteiger partial charge in [0.25, 0.3) is 0 Å². The molecule has 1 atom stereocenters. The van der Waals surface area contributed by atoms with Gasteiger partial charge in [0.05, 0.1) is 0 Å². The van der Waals surface area contributed by atoms with Crippen LogP contribution in [0.1, 0.15) is 23.2 Å². The maximum absolute atomic E-state index is 4.56. The van der Waals surface area contributed by atoms with Gasteiger partial charge in [0.15, 0.2) is 5.65 Å². The van der Waals surface area contributed by atoms with Crippen molar-refractivity contribution in [1.82, 2.24) is 14.6 Å². The minimum Gasteiger partial charge on any atom is -0.350 e. The second-order valence-electron chi connectivity index (χ2n) is 5.73. The number of aryl methyl sites for hydroxylation is 2. The monoisotopic (exact) mass is 278 g/mol. The molecule has 106 valence electrons. The lowest BCUT2D eigenvalue weighted by Gasteiger charge is -2.24. The Kier molecular flexibility index (Phi) is 2.88. The molecule has 0 saturated carbocycles. The van der Waals surface area contributed by atoms with Crippen LogP contribution in [-0.2, 0) is 12.8 Å². The maximum atomic E-state index is 4.56. The van der Waals surface area contributed by atoms with Gasteiger partial charge in [-0.25, -0.2) is 4.52 Å². The summed E-state index contributed by atoms with van der Waals surface area (Å²) in [5.41, 5.74) is 4.92. The fourth-order valence-corrected chi connectivity index (χ4v) is 3.10. The van der Waals surface area contributed by atoms with E-state index in [1.54, 1.807) is 0 Å². The van der Waals surface area contributed by atoms with Crippen molar-refractivity contribution in [3.63, 3.8) is 0 Å². The molecule has 0 fully saturated rings. The van der Waals surface area contributed by atoms with Gasteiger partial charge < -0.3 is 5.32 Å². The number of benzene rings is 1. The zero-order valence-corrected chi connectivity index (χ0v) is 12.1. The summed E-state index contributed by atoms with van der Waals surface area (Å²) in [6, 6.07) is 15.2. The number of pyridine rings is 1. The Morgan fingerprint density at radius 3 is 2.81 bits per heavy atom. The lowest BCUT2D eigenvalue weighted by molar-refractivity contribution is 0.606. The van der Waals surface area contributed by atoms with Crippen LogP contribution in [0.15, 0.2) is 42.5 Å². The highest BCUT2D eigenvalue weighted by Gasteiger charge is 2.19. The minimum atomic E-state index is 0.414. The molecule has 1 aliphatic rings. The molecule has 4 nitrogen and oxygen atoms in total. The summed E-state index contributed by atoms with van der Waals surface area (Å²) in [4.78, 5) is 4.56. The quantitative estimate of drug-likeness (QED) is 0.783. The summed E-state index contributed by atoms with van der Waals surface area (Å²) >= 11 is 0. The Hall–Kier alpha value is -2.36. The second-order valence-corrected chi connectivity index (χ2v) is 5.73. The molecule has 1 N–H and O–H groups in total. The topological polar surface area (TPSA) is 42.2 Å². The Bertz CT molecular complexity index is 790. The van der Waals surface area contributed by atoms with Crippen LogP contribution in [0.5, 0.6) is 0 Å². The van der Waals surface area contributed by atoms with Gasteiger partial charge in [-0.05, 0) is 49.4 Å². The highest BCUT2D eigenvalue weighted by atomic mass is 15.4. The number of fused-ring (bicyclic) bond motifs is 2. The van der Waals surface area contributed by atoms with Crippen molar-refractivity contribution in [2.45, 2.75) is 32.2 Å². The van der Waals surface area contributed by atoms with Crippen LogP contribution in [0.25, 0.3) is 5.65 Å². The van der Waals surface area contributed by atoms with Crippen molar-refractivity contribution in [2.75, 3.05) is 5.32 Å². The van der Waals surface area contributed by atoms with Crippen LogP contribution in [0.4, 0.5) is 5.95 Å². The fourth-order valence-electron chi connectivity index (χ4n) is 3.10. The molecule has 2 heterocycles. The van der Waals surface area contributed by atoms with Gasteiger partial charge in [-0.3, -0.25) is 0 Å². The molecule has 0 amide bonds. The molecule has 3 aromatic rings. The number of nitrogens with one attached hydrogen (secondary N) is 1. The van der Waals surface area contributed by atoms with E-state index >= 15 is 0 Å². The number of hydrogen-bond donors (Lipinski definition) is 1. The molecule has 2 aromatic heterocycles. The van der Waals surface area contributed by atoms with E-state index in [1.807, 2.05) is 29.6 Å². The van der Waals surface area contributed by atoms with Crippen molar-refractivity contribution in [3.8, 4) is 0 Å². The van der Waals surface area contributed by atoms with Crippen LogP contribution in [0.3, 0.4) is 0 Å². The normalized spacial score (nSPS) is 17.7. The average Bonchev–Trinajstić information content (AvgIpc) is 2.91. The molecular weight excluding hydrogens is 260 g/mol. The largest absolute Gasteiger partial charge is 0.350 e. The molecule has 21 heavy (non-hydrogen) atoms. The van der Waals surface area contributed by atoms with Crippen LogP contribution in [0.2, 0.25) is 0 Å². The molecule has 0 bridgehead atoms. The first-order chi connectivity index (χ1) is 10.3. The van der Waals surface area contributed by atoms with Gasteiger partial charge in [-0.15, -0.1) is 5.10 Å². The lowest BCUT2D eigenvalue weighted by atomic mass is 9.88. The van der Waals surface area contributed by atoms with E-state index in [2.05, 4.69) is 39.7 Å². The molecule has 0 radical (unpaired) electrons. The molecule has 1 unspecified atom stereocenters. The van der Waals surface area contributed by atoms with Crippen LogP contribution < -0.4 is 5.32 Å². The number of rotatable bonds is 2. The van der Waals surface area contributed by atoms with E-state index in [-0.39, 0.29) is 0 Å². The zero-order valence-electron chi connectivity index (χ0n) is 12.1. The van der Waals surface area contributed by atoms with Crippen LogP contribution in [0, 0.1) is 6.92 Å². The highest BCUT2D eigenvalue weighted by Crippen LogP contribution is 2.23. The molecule has 1 aromatic carbocycles. The van der Waals surface area contributed by atoms with Crippen molar-refractivity contribution in [1.29, 1.82) is 0 Å². The van der Waals surface area contributed by atoms with Crippen molar-refractivity contribution >= 4 is 11.6 Å². The number of anilines is 1. The molecule has 0 aliphatic heterocycles. The first-order valence-electron chi connectivity index (χ1n) is 7.45. The third kappa shape index (κ3) is 2.27.